The molecule has 1 N–H and O–H groups in total. The Balaban J connectivity index is 1.66. The van der Waals surface area contributed by atoms with E-state index in [4.69, 9.17) is 9.47 Å². The zero-order valence-corrected chi connectivity index (χ0v) is 20.1. The molecule has 0 aliphatic carbocycles. The van der Waals surface area contributed by atoms with E-state index in [9.17, 15) is 9.59 Å². The van der Waals surface area contributed by atoms with Crippen molar-refractivity contribution < 1.29 is 19.1 Å². The lowest BCUT2D eigenvalue weighted by molar-refractivity contribution is 0.0525. The lowest BCUT2D eigenvalue weighted by Gasteiger charge is -2.14. The van der Waals surface area contributed by atoms with Crippen LogP contribution in [0.25, 0.3) is 16.9 Å². The summed E-state index contributed by atoms with van der Waals surface area (Å²) in [4.78, 5) is 25.6. The van der Waals surface area contributed by atoms with E-state index in [1.807, 2.05) is 90.4 Å². The Labute approximate surface area is 205 Å². The van der Waals surface area contributed by atoms with Crippen molar-refractivity contribution in [1.29, 1.82) is 0 Å². The third kappa shape index (κ3) is 5.27. The second kappa shape index (κ2) is 10.7. The molecular weight excluding hydrogens is 440 g/mol. The number of nitrogens with one attached hydrogen (secondary N) is 1. The number of carbonyl (C=O) groups excluding carboxylic acids is 2. The van der Waals surface area contributed by atoms with Crippen molar-refractivity contribution in [3.8, 4) is 22.7 Å². The first-order valence-electron chi connectivity index (χ1n) is 11.5. The quantitative estimate of drug-likeness (QED) is 0.343. The fraction of sp³-hybridized carbons (Fsp3) is 0.172. The molecule has 4 rings (SSSR count). The molecule has 35 heavy (non-hydrogen) atoms. The van der Waals surface area contributed by atoms with Gasteiger partial charge in [-0.3, -0.25) is 4.79 Å². The van der Waals surface area contributed by atoms with Crippen molar-refractivity contribution in [3.63, 3.8) is 0 Å². The van der Waals surface area contributed by atoms with Crippen LogP contribution in [0.1, 0.15) is 38.9 Å². The maximum atomic E-state index is 12.9. The molecule has 0 aliphatic heterocycles. The highest BCUT2D eigenvalue weighted by atomic mass is 16.5. The van der Waals surface area contributed by atoms with E-state index in [1.165, 1.54) is 0 Å². The van der Waals surface area contributed by atoms with Crippen molar-refractivity contribution in [3.05, 3.63) is 107 Å². The summed E-state index contributed by atoms with van der Waals surface area (Å²) in [6.45, 7) is 4.37. The third-order valence-corrected chi connectivity index (χ3v) is 5.79. The number of ether oxygens (including phenoxy) is 2. The molecule has 1 aromatic heterocycles. The Morgan fingerprint density at radius 3 is 2.34 bits per heavy atom. The highest BCUT2D eigenvalue weighted by Crippen LogP contribution is 2.30. The van der Waals surface area contributed by atoms with Crippen LogP contribution in [0.3, 0.4) is 0 Å². The molecule has 0 saturated heterocycles. The minimum absolute atomic E-state index is 0.181. The number of benzene rings is 3. The predicted molar refractivity (Wildman–Crippen MR) is 136 cm³/mol. The molecule has 6 heteroatoms. The zero-order chi connectivity index (χ0) is 24.8. The van der Waals surface area contributed by atoms with Gasteiger partial charge in [-0.2, -0.15) is 0 Å². The number of nitrogens with zero attached hydrogens (tertiary/aromatic N) is 1. The van der Waals surface area contributed by atoms with Gasteiger partial charge in [-0.1, -0.05) is 48.5 Å². The molecule has 1 amide bonds. The Hall–Kier alpha value is -4.32. The van der Waals surface area contributed by atoms with E-state index in [-0.39, 0.29) is 11.9 Å². The normalized spacial score (nSPS) is 10.6. The first-order chi connectivity index (χ1) is 17.0. The van der Waals surface area contributed by atoms with E-state index >= 15 is 0 Å². The monoisotopic (exact) mass is 468 g/mol. The summed E-state index contributed by atoms with van der Waals surface area (Å²) in [5.41, 5.74) is 5.34. The maximum absolute atomic E-state index is 12.9. The van der Waals surface area contributed by atoms with Crippen molar-refractivity contribution in [2.75, 3.05) is 13.7 Å². The SMILES string of the molecule is CCOC(=O)c1cc(-c2ccccc2)n(-c2cccc(C(=O)NCc3ccc(OC)cc3)c2)c1C. The maximum Gasteiger partial charge on any atom is 0.339 e. The highest BCUT2D eigenvalue weighted by Gasteiger charge is 2.21. The number of aromatic nitrogens is 1. The largest absolute Gasteiger partial charge is 0.497 e. The molecule has 0 atom stereocenters. The van der Waals surface area contributed by atoms with E-state index in [0.29, 0.717) is 24.3 Å². The van der Waals surface area contributed by atoms with Gasteiger partial charge in [0.1, 0.15) is 5.75 Å². The van der Waals surface area contributed by atoms with Crippen LogP contribution in [0.15, 0.2) is 84.9 Å². The summed E-state index contributed by atoms with van der Waals surface area (Å²) in [5, 5.41) is 2.97. The number of hydrogen-bond donors (Lipinski definition) is 1. The zero-order valence-electron chi connectivity index (χ0n) is 20.1. The molecule has 3 aromatic carbocycles. The second-order valence-corrected chi connectivity index (χ2v) is 8.03. The van der Waals surface area contributed by atoms with Gasteiger partial charge in [0.25, 0.3) is 5.91 Å². The topological polar surface area (TPSA) is 69.6 Å². The number of carbonyl (C=O) groups is 2. The molecule has 0 bridgehead atoms. The molecule has 0 radical (unpaired) electrons. The molecule has 0 spiro atoms. The van der Waals surface area contributed by atoms with Crippen LogP contribution < -0.4 is 10.1 Å². The molecular formula is C29H28N2O4. The van der Waals surface area contributed by atoms with Crippen LogP contribution in [-0.2, 0) is 11.3 Å². The smallest absolute Gasteiger partial charge is 0.339 e. The summed E-state index contributed by atoms with van der Waals surface area (Å²) in [5.74, 6) is 0.222. The number of methoxy groups -OCH3 is 1. The van der Waals surface area contributed by atoms with Gasteiger partial charge in [-0.15, -0.1) is 0 Å². The number of hydrogen-bond acceptors (Lipinski definition) is 4. The Bertz CT molecular complexity index is 1320. The lowest BCUT2D eigenvalue weighted by atomic mass is 10.1. The van der Waals surface area contributed by atoms with Crippen LogP contribution in [0, 0.1) is 6.92 Å². The van der Waals surface area contributed by atoms with Crippen molar-refractivity contribution in [2.45, 2.75) is 20.4 Å². The standard InChI is InChI=1S/C29H28N2O4/c1-4-35-29(33)26-18-27(22-9-6-5-7-10-22)31(20(26)2)24-12-8-11-23(17-24)28(32)30-19-21-13-15-25(34-3)16-14-21/h5-18H,4,19H2,1-3H3,(H,30,32). The predicted octanol–water partition coefficient (Wildman–Crippen LogP) is 5.57. The summed E-state index contributed by atoms with van der Waals surface area (Å²) in [6.07, 6.45) is 0. The van der Waals surface area contributed by atoms with Crippen molar-refractivity contribution in [1.82, 2.24) is 9.88 Å². The number of rotatable bonds is 8. The fourth-order valence-corrected chi connectivity index (χ4v) is 3.99. The van der Waals surface area contributed by atoms with Crippen LogP contribution in [0.2, 0.25) is 0 Å². The molecule has 0 fully saturated rings. The first kappa shape index (κ1) is 23.8. The molecule has 4 aromatic rings. The van der Waals surface area contributed by atoms with Gasteiger partial charge in [-0.25, -0.2) is 4.79 Å². The minimum atomic E-state index is -0.366. The van der Waals surface area contributed by atoms with Gasteiger partial charge in [0, 0.05) is 23.5 Å². The number of esters is 1. The van der Waals surface area contributed by atoms with Gasteiger partial charge in [0.2, 0.25) is 0 Å². The van der Waals surface area contributed by atoms with Crippen LogP contribution in [0.4, 0.5) is 0 Å². The first-order valence-corrected chi connectivity index (χ1v) is 11.5. The van der Waals surface area contributed by atoms with Crippen molar-refractivity contribution in [2.24, 2.45) is 0 Å². The Kier molecular flexibility index (Phi) is 7.31. The van der Waals surface area contributed by atoms with Crippen LogP contribution in [-0.4, -0.2) is 30.2 Å². The lowest BCUT2D eigenvalue weighted by Crippen LogP contribution is -2.23. The minimum Gasteiger partial charge on any atom is -0.497 e. The molecule has 1 heterocycles. The van der Waals surface area contributed by atoms with Crippen molar-refractivity contribution >= 4 is 11.9 Å². The Morgan fingerprint density at radius 2 is 1.66 bits per heavy atom. The molecule has 0 unspecified atom stereocenters. The molecule has 0 saturated carbocycles. The molecule has 6 nitrogen and oxygen atoms in total. The summed E-state index contributed by atoms with van der Waals surface area (Å²) in [6, 6.07) is 26.6. The van der Waals surface area contributed by atoms with Gasteiger partial charge in [0.15, 0.2) is 0 Å². The van der Waals surface area contributed by atoms with Crippen LogP contribution in [0.5, 0.6) is 5.75 Å². The van der Waals surface area contributed by atoms with Crippen LogP contribution >= 0.6 is 0 Å². The summed E-state index contributed by atoms with van der Waals surface area (Å²) >= 11 is 0. The summed E-state index contributed by atoms with van der Waals surface area (Å²) < 4.78 is 12.4. The van der Waals surface area contributed by atoms with E-state index in [2.05, 4.69) is 5.32 Å². The fourth-order valence-electron chi connectivity index (χ4n) is 3.99. The van der Waals surface area contributed by atoms with Gasteiger partial charge in [-0.05, 0) is 61.4 Å². The Morgan fingerprint density at radius 1 is 0.914 bits per heavy atom. The average Bonchev–Trinajstić information content (AvgIpc) is 3.25. The second-order valence-electron chi connectivity index (χ2n) is 8.03. The summed E-state index contributed by atoms with van der Waals surface area (Å²) in [7, 11) is 1.62. The van der Waals surface area contributed by atoms with Gasteiger partial charge < -0.3 is 19.4 Å². The third-order valence-electron chi connectivity index (χ3n) is 5.79. The molecule has 178 valence electrons. The molecule has 0 aliphatic rings. The van der Waals surface area contributed by atoms with E-state index < -0.39 is 0 Å². The van der Waals surface area contributed by atoms with E-state index in [0.717, 1.165) is 34.0 Å². The number of amides is 1. The van der Waals surface area contributed by atoms with Gasteiger partial charge >= 0.3 is 5.97 Å². The average molecular weight is 469 g/mol. The highest BCUT2D eigenvalue weighted by molar-refractivity contribution is 5.95. The van der Waals surface area contributed by atoms with E-state index in [1.54, 1.807) is 20.1 Å². The van der Waals surface area contributed by atoms with Gasteiger partial charge in [0.05, 0.1) is 25.0 Å².